The molecule has 2 amide bonds. The van der Waals surface area contributed by atoms with E-state index in [1.807, 2.05) is 81.9 Å². The third kappa shape index (κ3) is 11.5. The number of aliphatic hydroxyl groups is 1. The number of carbonyl (C=O) groups is 2. The zero-order valence-electron chi connectivity index (χ0n) is 43.4. The lowest BCUT2D eigenvalue weighted by Crippen LogP contribution is -2.54. The van der Waals surface area contributed by atoms with Crippen LogP contribution in [0.3, 0.4) is 0 Å². The van der Waals surface area contributed by atoms with E-state index in [-0.39, 0.29) is 54.6 Å². The predicted molar refractivity (Wildman–Crippen MR) is 288 cm³/mol. The zero-order valence-corrected chi connectivity index (χ0v) is 44.2. The number of aromatic nitrogens is 5. The number of nitrogens with one attached hydrogen (secondary N) is 1. The lowest BCUT2D eigenvalue weighted by atomic mass is 9.91. The summed E-state index contributed by atoms with van der Waals surface area (Å²) in [6.45, 7) is 14.2. The van der Waals surface area contributed by atoms with E-state index in [1.165, 1.54) is 10.6 Å². The number of hydrogen-bond donors (Lipinski definition) is 4. The highest BCUT2D eigenvalue weighted by atomic mass is 32.1. The average Bonchev–Trinajstić information content (AvgIpc) is 4.20. The molecule has 2 aromatic carbocycles. The number of rotatable bonds is 18. The van der Waals surface area contributed by atoms with E-state index < -0.39 is 18.1 Å². The van der Waals surface area contributed by atoms with Crippen LogP contribution in [0.1, 0.15) is 94.5 Å². The first-order chi connectivity index (χ1) is 36.3. The molecule has 396 valence electrons. The molecular formula is C56H69N11O7S. The minimum atomic E-state index is -0.832. The highest BCUT2D eigenvalue weighted by molar-refractivity contribution is 7.13. The molecule has 75 heavy (non-hydrogen) atoms. The number of nitrogens with zero attached hydrogens (tertiary/aromatic N) is 9. The molecule has 5 N–H and O–H groups in total. The van der Waals surface area contributed by atoms with Crippen molar-refractivity contribution in [3.05, 3.63) is 107 Å². The maximum atomic E-state index is 14.3. The Hall–Kier alpha value is -6.67. The molecule has 0 radical (unpaired) electrons. The standard InChI is InChI=1S/C56H69N11O7S/c1-33(2)52(56(71)66-31-43(68)26-48(66)55(70)60-35(4)37-10-12-38(13-11-37)53-36(5)59-32-75-53)50-28-51(63-74-50)73-23-21-64-20-17-44(24-34(64)3)72-22-18-39-25-40(16-19-58-39)67-41-14-15-42(67)30-65(29-41)47-27-46(61-62-54(47)57)45-8-6-7-9-49(45)69/h6-13,16,19,25,27-28,32-35,41-44,48,52,68-69H,14-15,17-18,20-24,26,29-31H2,1-5H3,(H2,57,62)(H,60,70)/t34-,35-,41?,42?,43+,44-,48-,52+/m0/s1. The number of hydrogen-bond acceptors (Lipinski definition) is 17. The SMILES string of the molecule is Cc1ncsc1-c1ccc([C@H](C)NC(=O)[C@@H]2C[C@@H](O)CN2C(=O)[C@@H](c2cc(OCCN3CC[C@H](OCCc4cc(N5C6CCC5CN(c5cc(-c7ccccc7O)nnc5N)C6)ccn4)C[C@@H]3C)no2)C(C)C)cc1. The number of phenolic OH excluding ortho intramolecular Hbond substituents is 1. The fourth-order valence-electron chi connectivity index (χ4n) is 11.6. The van der Waals surface area contributed by atoms with Crippen molar-refractivity contribution in [3.63, 3.8) is 0 Å². The van der Waals surface area contributed by atoms with Crippen LogP contribution in [0.5, 0.6) is 11.6 Å². The van der Waals surface area contributed by atoms with Crippen molar-refractivity contribution in [1.29, 1.82) is 0 Å². The van der Waals surface area contributed by atoms with E-state index in [4.69, 9.17) is 24.7 Å². The minimum Gasteiger partial charge on any atom is -0.507 e. The van der Waals surface area contributed by atoms with Crippen LogP contribution in [0.2, 0.25) is 0 Å². The minimum absolute atomic E-state index is 0.0515. The Bertz CT molecular complexity index is 2920. The van der Waals surface area contributed by atoms with Gasteiger partial charge in [0.15, 0.2) is 11.6 Å². The van der Waals surface area contributed by atoms with E-state index in [0.29, 0.717) is 60.6 Å². The number of phenols is 1. The third-order valence-corrected chi connectivity index (χ3v) is 16.6. The van der Waals surface area contributed by atoms with Crippen molar-refractivity contribution in [2.75, 3.05) is 61.5 Å². The molecule has 8 atom stereocenters. The fourth-order valence-corrected chi connectivity index (χ4v) is 12.4. The van der Waals surface area contributed by atoms with Crippen LogP contribution in [0.4, 0.5) is 17.2 Å². The first-order valence-electron chi connectivity index (χ1n) is 26.4. The largest absolute Gasteiger partial charge is 0.507 e. The molecule has 6 aromatic rings. The number of thiazole rings is 1. The Morgan fingerprint density at radius 1 is 0.947 bits per heavy atom. The second-order valence-electron chi connectivity index (χ2n) is 21.0. The van der Waals surface area contributed by atoms with Gasteiger partial charge in [-0.15, -0.1) is 21.5 Å². The summed E-state index contributed by atoms with van der Waals surface area (Å²) in [4.78, 5) is 47.0. The molecule has 2 unspecified atom stereocenters. The van der Waals surface area contributed by atoms with Gasteiger partial charge in [-0.05, 0) is 99.0 Å². The first-order valence-corrected chi connectivity index (χ1v) is 27.3. The number of benzene rings is 2. The number of aliphatic hydroxyl groups excluding tert-OH is 1. The molecule has 10 rings (SSSR count). The molecule has 4 aliphatic rings. The summed E-state index contributed by atoms with van der Waals surface area (Å²) in [6.07, 6.45) is 6.09. The number of amides is 2. The summed E-state index contributed by atoms with van der Waals surface area (Å²) in [7, 11) is 0. The molecule has 0 aliphatic carbocycles. The summed E-state index contributed by atoms with van der Waals surface area (Å²) in [6, 6.07) is 22.9. The van der Waals surface area contributed by atoms with E-state index in [0.717, 1.165) is 84.8 Å². The fraction of sp³-hybridized carbons (Fsp3) is 0.482. The number of anilines is 3. The molecule has 4 aromatic heterocycles. The number of aryl methyl sites for hydroxylation is 1. The molecule has 0 spiro atoms. The van der Waals surface area contributed by atoms with Gasteiger partial charge in [-0.1, -0.05) is 50.2 Å². The van der Waals surface area contributed by atoms with Crippen LogP contribution < -0.4 is 25.6 Å². The topological polar surface area (TPSA) is 222 Å². The summed E-state index contributed by atoms with van der Waals surface area (Å²) < 4.78 is 18.3. The maximum Gasteiger partial charge on any atom is 0.254 e. The lowest BCUT2D eigenvalue weighted by molar-refractivity contribution is -0.141. The molecule has 4 aliphatic heterocycles. The number of likely N-dealkylation sites (tertiary alicyclic amines) is 2. The van der Waals surface area contributed by atoms with Gasteiger partial charge < -0.3 is 50.0 Å². The number of β-amino-alcohol motifs (C(OH)–C–C–N with tert-alkyl or cyclic N) is 1. The first kappa shape index (κ1) is 51.8. The van der Waals surface area contributed by atoms with Crippen molar-refractivity contribution in [3.8, 4) is 33.3 Å². The van der Waals surface area contributed by atoms with Crippen LogP contribution >= 0.6 is 11.3 Å². The highest BCUT2D eigenvalue weighted by Crippen LogP contribution is 2.40. The van der Waals surface area contributed by atoms with E-state index >= 15 is 0 Å². The van der Waals surface area contributed by atoms with Gasteiger partial charge in [-0.2, -0.15) is 0 Å². The predicted octanol–water partition coefficient (Wildman–Crippen LogP) is 7.17. The molecule has 0 saturated carbocycles. The molecule has 19 heteroatoms. The third-order valence-electron chi connectivity index (χ3n) is 15.6. The van der Waals surface area contributed by atoms with Crippen molar-refractivity contribution >= 4 is 40.3 Å². The Balaban J connectivity index is 0.666. The van der Waals surface area contributed by atoms with Crippen molar-refractivity contribution in [2.24, 2.45) is 5.92 Å². The van der Waals surface area contributed by atoms with Crippen LogP contribution in [0, 0.1) is 12.8 Å². The van der Waals surface area contributed by atoms with Crippen molar-refractivity contribution < 1.29 is 33.8 Å². The summed E-state index contributed by atoms with van der Waals surface area (Å²) >= 11 is 1.59. The quantitative estimate of drug-likeness (QED) is 0.0670. The number of piperidine rings is 1. The number of pyridine rings is 1. The summed E-state index contributed by atoms with van der Waals surface area (Å²) in [5.41, 5.74) is 15.5. The number of piperazine rings is 1. The van der Waals surface area contributed by atoms with E-state index in [1.54, 1.807) is 29.5 Å². The molecule has 18 nitrogen and oxygen atoms in total. The van der Waals surface area contributed by atoms with E-state index in [2.05, 4.69) is 59.4 Å². The zero-order chi connectivity index (χ0) is 52.3. The van der Waals surface area contributed by atoms with Crippen molar-refractivity contribution in [1.82, 2.24) is 40.4 Å². The van der Waals surface area contributed by atoms with Crippen LogP contribution in [-0.4, -0.2) is 139 Å². The Morgan fingerprint density at radius 3 is 2.47 bits per heavy atom. The molecule has 4 saturated heterocycles. The van der Waals surface area contributed by atoms with Gasteiger partial charge in [-0.25, -0.2) is 4.98 Å². The maximum absolute atomic E-state index is 14.3. The molecule has 8 heterocycles. The molecule has 4 fully saturated rings. The second kappa shape index (κ2) is 22.7. The smallest absolute Gasteiger partial charge is 0.254 e. The number of fused-ring (bicyclic) bond motifs is 2. The number of para-hydroxylation sites is 1. The van der Waals surface area contributed by atoms with E-state index in [9.17, 15) is 19.8 Å². The number of aromatic hydroxyl groups is 1. The number of nitrogens with two attached hydrogens (primary N) is 1. The normalized spacial score (nSPS) is 22.7. The summed E-state index contributed by atoms with van der Waals surface area (Å²) in [5.74, 6) is -0.303. The molecule has 2 bridgehead atoms. The Kier molecular flexibility index (Phi) is 15.7. The van der Waals surface area contributed by atoms with Gasteiger partial charge in [0.05, 0.1) is 52.3 Å². The molecular weight excluding hydrogens is 971 g/mol. The number of ether oxygens (including phenoxy) is 2. The van der Waals surface area contributed by atoms with Crippen LogP contribution in [0.25, 0.3) is 21.7 Å². The van der Waals surface area contributed by atoms with Gasteiger partial charge in [0.25, 0.3) is 5.88 Å². The van der Waals surface area contributed by atoms with Crippen molar-refractivity contribution in [2.45, 2.75) is 121 Å². The highest BCUT2D eigenvalue weighted by Gasteiger charge is 2.44. The second-order valence-corrected chi connectivity index (χ2v) is 21.9. The lowest BCUT2D eigenvalue weighted by Gasteiger charge is -2.43. The average molecular weight is 1040 g/mol. The van der Waals surface area contributed by atoms with Gasteiger partial charge in [0.2, 0.25) is 11.8 Å². The van der Waals surface area contributed by atoms with Crippen LogP contribution in [-0.2, 0) is 20.7 Å². The Labute approximate surface area is 442 Å². The van der Waals surface area contributed by atoms with Gasteiger partial charge >= 0.3 is 0 Å². The van der Waals surface area contributed by atoms with Crippen LogP contribution in [0.15, 0.2) is 89.0 Å². The Morgan fingerprint density at radius 2 is 1.73 bits per heavy atom. The number of carbonyl (C=O) groups excluding carboxylic acids is 2. The monoisotopic (exact) mass is 1040 g/mol. The van der Waals surface area contributed by atoms with Gasteiger partial charge in [-0.3, -0.25) is 19.5 Å². The van der Waals surface area contributed by atoms with Gasteiger partial charge in [0, 0.05) is 92.9 Å². The number of nitrogen functional groups attached to an aromatic ring is 1. The summed E-state index contributed by atoms with van der Waals surface area (Å²) in [5, 5.41) is 37.0. The van der Waals surface area contributed by atoms with Gasteiger partial charge in [0.1, 0.15) is 24.3 Å².